The van der Waals surface area contributed by atoms with Gasteiger partial charge < -0.3 is 20.9 Å². The Morgan fingerprint density at radius 3 is 1.33 bits per heavy atom. The van der Waals surface area contributed by atoms with Crippen LogP contribution in [0.15, 0.2) is 48.5 Å². The summed E-state index contributed by atoms with van der Waals surface area (Å²) in [4.78, 5) is 21.8. The molecule has 2 rings (SSSR count). The molecule has 0 saturated heterocycles. The molecule has 4 N–H and O–H groups in total. The van der Waals surface area contributed by atoms with E-state index in [4.69, 9.17) is 20.9 Å². The molecule has 108 valence electrons. The van der Waals surface area contributed by atoms with E-state index in [2.05, 4.69) is 0 Å². The number of carbonyl (C=O) groups excluding carboxylic acids is 2. The van der Waals surface area contributed by atoms with Crippen LogP contribution in [0.5, 0.6) is 11.5 Å². The van der Waals surface area contributed by atoms with E-state index in [0.717, 1.165) is 0 Å². The zero-order chi connectivity index (χ0) is 15.2. The maximum Gasteiger partial charge on any atom is 0.248 e. The molecule has 0 saturated carbocycles. The minimum Gasteiger partial charge on any atom is -0.458 e. The van der Waals surface area contributed by atoms with E-state index >= 15 is 0 Å². The van der Waals surface area contributed by atoms with Crippen molar-refractivity contribution in [2.45, 2.75) is 0 Å². The van der Waals surface area contributed by atoms with E-state index in [-0.39, 0.29) is 6.79 Å². The zero-order valence-electron chi connectivity index (χ0n) is 11.1. The first-order valence-electron chi connectivity index (χ1n) is 6.11. The largest absolute Gasteiger partial charge is 0.458 e. The summed E-state index contributed by atoms with van der Waals surface area (Å²) in [5.41, 5.74) is 11.1. The summed E-state index contributed by atoms with van der Waals surface area (Å²) in [5, 5.41) is 0. The standard InChI is InChI=1S/C15H14N2O4/c16-14(18)10-1-5-12(6-2-10)20-9-21-13-7-3-11(4-8-13)15(17)19/h1-8H,9H2,(H2,16,18)(H2,17,19). The lowest BCUT2D eigenvalue weighted by molar-refractivity contribution is 0.0992. The smallest absolute Gasteiger partial charge is 0.248 e. The number of benzene rings is 2. The van der Waals surface area contributed by atoms with Crippen LogP contribution in [0.25, 0.3) is 0 Å². The van der Waals surface area contributed by atoms with Crippen molar-refractivity contribution in [2.24, 2.45) is 11.5 Å². The Bertz CT molecular complexity index is 578. The number of primary amides is 2. The van der Waals surface area contributed by atoms with Crippen molar-refractivity contribution >= 4 is 11.8 Å². The molecular formula is C15H14N2O4. The molecule has 0 spiro atoms. The van der Waals surface area contributed by atoms with Crippen LogP contribution in [0.4, 0.5) is 0 Å². The second-order valence-corrected chi connectivity index (χ2v) is 4.18. The molecule has 21 heavy (non-hydrogen) atoms. The number of nitrogens with two attached hydrogens (primary N) is 2. The van der Waals surface area contributed by atoms with Gasteiger partial charge in [0.15, 0.2) is 0 Å². The van der Waals surface area contributed by atoms with Gasteiger partial charge in [-0.1, -0.05) is 0 Å². The van der Waals surface area contributed by atoms with Gasteiger partial charge in [-0.05, 0) is 48.5 Å². The van der Waals surface area contributed by atoms with Gasteiger partial charge in [0, 0.05) is 11.1 Å². The van der Waals surface area contributed by atoms with Crippen LogP contribution in [0.3, 0.4) is 0 Å². The molecule has 0 fully saturated rings. The first kappa shape index (κ1) is 14.4. The first-order chi connectivity index (χ1) is 10.1. The molecule has 0 radical (unpaired) electrons. The van der Waals surface area contributed by atoms with Gasteiger partial charge in [0.1, 0.15) is 11.5 Å². The third kappa shape index (κ3) is 3.97. The van der Waals surface area contributed by atoms with E-state index < -0.39 is 11.8 Å². The van der Waals surface area contributed by atoms with E-state index in [0.29, 0.717) is 22.6 Å². The Kier molecular flexibility index (Phi) is 4.40. The second-order valence-electron chi connectivity index (χ2n) is 4.18. The number of hydrogen-bond acceptors (Lipinski definition) is 4. The highest BCUT2D eigenvalue weighted by Crippen LogP contribution is 2.14. The highest BCUT2D eigenvalue weighted by molar-refractivity contribution is 5.93. The van der Waals surface area contributed by atoms with E-state index in [1.54, 1.807) is 48.5 Å². The molecule has 6 nitrogen and oxygen atoms in total. The zero-order valence-corrected chi connectivity index (χ0v) is 11.1. The van der Waals surface area contributed by atoms with E-state index in [1.807, 2.05) is 0 Å². The van der Waals surface area contributed by atoms with E-state index in [9.17, 15) is 9.59 Å². The summed E-state index contributed by atoms with van der Waals surface area (Å²) in [6.07, 6.45) is 0. The molecule has 2 aromatic carbocycles. The van der Waals surface area contributed by atoms with Crippen molar-refractivity contribution in [3.8, 4) is 11.5 Å². The Balaban J connectivity index is 1.86. The molecule has 0 aliphatic heterocycles. The molecule has 0 unspecified atom stereocenters. The van der Waals surface area contributed by atoms with Gasteiger partial charge in [0.25, 0.3) is 0 Å². The van der Waals surface area contributed by atoms with Crippen LogP contribution in [0, 0.1) is 0 Å². The lowest BCUT2D eigenvalue weighted by atomic mass is 10.2. The first-order valence-corrected chi connectivity index (χ1v) is 6.11. The van der Waals surface area contributed by atoms with Crippen LogP contribution in [0.2, 0.25) is 0 Å². The predicted octanol–water partition coefficient (Wildman–Crippen LogP) is 1.30. The maximum atomic E-state index is 10.9. The third-order valence-electron chi connectivity index (χ3n) is 2.73. The summed E-state index contributed by atoms with van der Waals surface area (Å²) < 4.78 is 10.7. The van der Waals surface area contributed by atoms with Crippen LogP contribution >= 0.6 is 0 Å². The fourth-order valence-corrected chi connectivity index (χ4v) is 1.60. The summed E-state index contributed by atoms with van der Waals surface area (Å²) in [6, 6.07) is 12.8. The van der Waals surface area contributed by atoms with Crippen molar-refractivity contribution in [1.82, 2.24) is 0 Å². The normalized spacial score (nSPS) is 9.90. The molecule has 0 heterocycles. The lowest BCUT2D eigenvalue weighted by Crippen LogP contribution is -2.11. The number of rotatable bonds is 6. The third-order valence-corrected chi connectivity index (χ3v) is 2.73. The van der Waals surface area contributed by atoms with E-state index in [1.165, 1.54) is 0 Å². The predicted molar refractivity (Wildman–Crippen MR) is 76.0 cm³/mol. The van der Waals surface area contributed by atoms with Crippen LogP contribution in [-0.2, 0) is 0 Å². The summed E-state index contributed by atoms with van der Waals surface area (Å²) in [7, 11) is 0. The molecule has 0 aliphatic carbocycles. The SMILES string of the molecule is NC(=O)c1ccc(OCOc2ccc(C(N)=O)cc2)cc1. The van der Waals surface area contributed by atoms with Crippen LogP contribution in [0.1, 0.15) is 20.7 Å². The lowest BCUT2D eigenvalue weighted by Gasteiger charge is -2.09. The molecule has 2 amide bonds. The Hall–Kier alpha value is -3.02. The maximum absolute atomic E-state index is 10.9. The fourth-order valence-electron chi connectivity index (χ4n) is 1.60. The van der Waals surface area contributed by atoms with Crippen molar-refractivity contribution in [3.63, 3.8) is 0 Å². The van der Waals surface area contributed by atoms with Crippen molar-refractivity contribution in [3.05, 3.63) is 59.7 Å². The monoisotopic (exact) mass is 286 g/mol. The molecule has 0 atom stereocenters. The van der Waals surface area contributed by atoms with Gasteiger partial charge in [-0.15, -0.1) is 0 Å². The number of carbonyl (C=O) groups is 2. The summed E-state index contributed by atoms with van der Waals surface area (Å²) >= 11 is 0. The van der Waals surface area contributed by atoms with Crippen LogP contribution in [-0.4, -0.2) is 18.6 Å². The molecule has 0 aromatic heterocycles. The average molecular weight is 286 g/mol. The number of amides is 2. The highest BCUT2D eigenvalue weighted by Gasteiger charge is 2.02. The van der Waals surface area contributed by atoms with Gasteiger partial charge in [0.05, 0.1) is 0 Å². The minimum atomic E-state index is -0.493. The van der Waals surface area contributed by atoms with Crippen molar-refractivity contribution < 1.29 is 19.1 Å². The molecule has 2 aromatic rings. The highest BCUT2D eigenvalue weighted by atomic mass is 16.7. The number of ether oxygens (including phenoxy) is 2. The topological polar surface area (TPSA) is 105 Å². The van der Waals surface area contributed by atoms with Crippen LogP contribution < -0.4 is 20.9 Å². The second kappa shape index (κ2) is 6.42. The number of hydrogen-bond donors (Lipinski definition) is 2. The summed E-state index contributed by atoms with van der Waals surface area (Å²) in [5.74, 6) is 0.113. The molecule has 0 aliphatic rings. The van der Waals surface area contributed by atoms with Gasteiger partial charge in [-0.2, -0.15) is 0 Å². The van der Waals surface area contributed by atoms with Gasteiger partial charge in [0.2, 0.25) is 18.6 Å². The average Bonchev–Trinajstić information content (AvgIpc) is 2.48. The minimum absolute atomic E-state index is 0.00810. The van der Waals surface area contributed by atoms with Gasteiger partial charge >= 0.3 is 0 Å². The van der Waals surface area contributed by atoms with Crippen molar-refractivity contribution in [1.29, 1.82) is 0 Å². The quantitative estimate of drug-likeness (QED) is 0.781. The van der Waals surface area contributed by atoms with Crippen molar-refractivity contribution in [2.75, 3.05) is 6.79 Å². The van der Waals surface area contributed by atoms with Gasteiger partial charge in [-0.25, -0.2) is 0 Å². The fraction of sp³-hybridized carbons (Fsp3) is 0.0667. The molecule has 0 bridgehead atoms. The Labute approximate surface area is 121 Å². The summed E-state index contributed by atoms with van der Waals surface area (Å²) in [6.45, 7) is -0.00810. The Morgan fingerprint density at radius 2 is 1.05 bits per heavy atom. The van der Waals surface area contributed by atoms with Gasteiger partial charge in [-0.3, -0.25) is 9.59 Å². The Morgan fingerprint density at radius 1 is 0.714 bits per heavy atom. The molecular weight excluding hydrogens is 272 g/mol. The molecule has 6 heteroatoms.